The zero-order valence-corrected chi connectivity index (χ0v) is 13.1. The maximum atomic E-state index is 11.8. The molecular formula is C18H26N2O2. The van der Waals surface area contributed by atoms with Crippen LogP contribution >= 0.6 is 0 Å². The molecule has 1 aromatic carbocycles. The molecule has 1 amide bonds. The first kappa shape index (κ1) is 15.5. The Morgan fingerprint density at radius 1 is 1.23 bits per heavy atom. The maximum Gasteiger partial charge on any atom is 0.222 e. The number of benzene rings is 1. The molecule has 0 unspecified atom stereocenters. The average Bonchev–Trinajstić information content (AvgIpc) is 3.29. The molecule has 1 aliphatic carbocycles. The standard InChI is InChI=1S/C18H26N2O2/c21-11-9-18(22)19-17-13-20(12-16(17)15-6-7-15)10-8-14-4-2-1-3-5-14/h1-5,15-17,21H,6-13H2,(H,19,22)/t16-,17+/m1/s1. The van der Waals surface area contributed by atoms with Crippen molar-refractivity contribution in [3.63, 3.8) is 0 Å². The van der Waals surface area contributed by atoms with Crippen LogP contribution in [0.15, 0.2) is 30.3 Å². The highest BCUT2D eigenvalue weighted by Crippen LogP contribution is 2.41. The molecule has 0 bridgehead atoms. The van der Waals surface area contributed by atoms with Crippen LogP contribution in [0.5, 0.6) is 0 Å². The number of amides is 1. The summed E-state index contributed by atoms with van der Waals surface area (Å²) in [6.07, 6.45) is 3.90. The SMILES string of the molecule is O=C(CCO)N[C@H]1CN(CCc2ccccc2)C[C@@H]1C1CC1. The highest BCUT2D eigenvalue weighted by molar-refractivity contribution is 5.76. The van der Waals surface area contributed by atoms with E-state index in [1.165, 1.54) is 18.4 Å². The molecule has 1 saturated carbocycles. The van der Waals surface area contributed by atoms with E-state index in [9.17, 15) is 4.79 Å². The molecule has 120 valence electrons. The van der Waals surface area contributed by atoms with Crippen LogP contribution in [0.4, 0.5) is 0 Å². The van der Waals surface area contributed by atoms with Crippen LogP contribution < -0.4 is 5.32 Å². The van der Waals surface area contributed by atoms with Crippen LogP contribution in [-0.2, 0) is 11.2 Å². The maximum absolute atomic E-state index is 11.8. The number of hydrogen-bond donors (Lipinski definition) is 2. The zero-order valence-electron chi connectivity index (χ0n) is 13.1. The van der Waals surface area contributed by atoms with Gasteiger partial charge >= 0.3 is 0 Å². The van der Waals surface area contributed by atoms with E-state index in [1.54, 1.807) is 0 Å². The van der Waals surface area contributed by atoms with E-state index in [1.807, 2.05) is 0 Å². The van der Waals surface area contributed by atoms with E-state index in [0.29, 0.717) is 5.92 Å². The minimum atomic E-state index is -0.0651. The van der Waals surface area contributed by atoms with Crippen LogP contribution in [0.1, 0.15) is 24.8 Å². The van der Waals surface area contributed by atoms with Gasteiger partial charge in [-0.1, -0.05) is 30.3 Å². The first-order valence-electron chi connectivity index (χ1n) is 8.43. The van der Waals surface area contributed by atoms with E-state index in [4.69, 9.17) is 5.11 Å². The van der Waals surface area contributed by atoms with Crippen LogP contribution in [0, 0.1) is 11.8 Å². The van der Waals surface area contributed by atoms with Gasteiger partial charge in [-0.2, -0.15) is 0 Å². The quantitative estimate of drug-likeness (QED) is 0.801. The minimum Gasteiger partial charge on any atom is -0.396 e. The molecule has 1 aromatic rings. The molecule has 4 nitrogen and oxygen atoms in total. The molecule has 3 rings (SSSR count). The Kier molecular flexibility index (Phi) is 5.11. The van der Waals surface area contributed by atoms with Crippen molar-refractivity contribution in [1.82, 2.24) is 10.2 Å². The van der Waals surface area contributed by atoms with Gasteiger partial charge in [0.1, 0.15) is 0 Å². The summed E-state index contributed by atoms with van der Waals surface area (Å²) in [5.41, 5.74) is 1.37. The molecule has 2 fully saturated rings. The molecule has 0 aromatic heterocycles. The Bertz CT molecular complexity index is 487. The molecule has 2 N–H and O–H groups in total. The van der Waals surface area contributed by atoms with Gasteiger partial charge in [0.15, 0.2) is 0 Å². The molecule has 1 heterocycles. The van der Waals surface area contributed by atoms with Crippen LogP contribution in [0.25, 0.3) is 0 Å². The predicted molar refractivity (Wildman–Crippen MR) is 86.4 cm³/mol. The number of rotatable bonds is 7. The summed E-state index contributed by atoms with van der Waals surface area (Å²) < 4.78 is 0. The van der Waals surface area contributed by atoms with Crippen molar-refractivity contribution in [2.24, 2.45) is 11.8 Å². The largest absolute Gasteiger partial charge is 0.396 e. The molecule has 22 heavy (non-hydrogen) atoms. The third-order valence-corrected chi connectivity index (χ3v) is 4.91. The number of hydrogen-bond acceptors (Lipinski definition) is 3. The summed E-state index contributed by atoms with van der Waals surface area (Å²) in [6.45, 7) is 3.04. The first-order valence-corrected chi connectivity index (χ1v) is 8.43. The molecule has 0 spiro atoms. The van der Waals surface area contributed by atoms with Gasteiger partial charge in [0.05, 0.1) is 6.61 Å². The van der Waals surface area contributed by atoms with Crippen molar-refractivity contribution in [1.29, 1.82) is 0 Å². The number of likely N-dealkylation sites (tertiary alicyclic amines) is 1. The molecule has 1 aliphatic heterocycles. The second kappa shape index (κ2) is 7.25. The van der Waals surface area contributed by atoms with Gasteiger partial charge in [0, 0.05) is 32.1 Å². The summed E-state index contributed by atoms with van der Waals surface area (Å²) in [5.74, 6) is 1.38. The number of aliphatic hydroxyl groups excluding tert-OH is 1. The highest BCUT2D eigenvalue weighted by Gasteiger charge is 2.42. The third-order valence-electron chi connectivity index (χ3n) is 4.91. The zero-order chi connectivity index (χ0) is 15.4. The van der Waals surface area contributed by atoms with Crippen molar-refractivity contribution in [3.8, 4) is 0 Å². The molecule has 4 heteroatoms. The van der Waals surface area contributed by atoms with Crippen LogP contribution in [0.3, 0.4) is 0 Å². The van der Waals surface area contributed by atoms with E-state index in [-0.39, 0.29) is 25.0 Å². The monoisotopic (exact) mass is 302 g/mol. The minimum absolute atomic E-state index is 0.0111. The van der Waals surface area contributed by atoms with Gasteiger partial charge in [-0.05, 0) is 36.7 Å². The number of nitrogens with one attached hydrogen (secondary N) is 1. The van der Waals surface area contributed by atoms with E-state index in [2.05, 4.69) is 40.5 Å². The summed E-state index contributed by atoms with van der Waals surface area (Å²) >= 11 is 0. The summed E-state index contributed by atoms with van der Waals surface area (Å²) in [6, 6.07) is 10.8. The molecule has 2 atom stereocenters. The van der Waals surface area contributed by atoms with Gasteiger partial charge in [-0.3, -0.25) is 4.79 Å². The Hall–Kier alpha value is -1.39. The lowest BCUT2D eigenvalue weighted by atomic mass is 9.98. The van der Waals surface area contributed by atoms with Gasteiger partial charge < -0.3 is 15.3 Å². The molecular weight excluding hydrogens is 276 g/mol. The fourth-order valence-electron chi connectivity index (χ4n) is 3.56. The fourth-order valence-corrected chi connectivity index (χ4v) is 3.56. The van der Waals surface area contributed by atoms with Gasteiger partial charge in [0.25, 0.3) is 0 Å². The second-order valence-electron chi connectivity index (χ2n) is 6.64. The first-order chi connectivity index (χ1) is 10.8. The molecule has 1 saturated heterocycles. The van der Waals surface area contributed by atoms with Crippen molar-refractivity contribution < 1.29 is 9.90 Å². The van der Waals surface area contributed by atoms with Gasteiger partial charge in [-0.25, -0.2) is 0 Å². The fraction of sp³-hybridized carbons (Fsp3) is 0.611. The Balaban J connectivity index is 1.52. The normalized spacial score (nSPS) is 25.3. The number of carbonyl (C=O) groups is 1. The lowest BCUT2D eigenvalue weighted by Gasteiger charge is -2.19. The Morgan fingerprint density at radius 2 is 2.00 bits per heavy atom. The van der Waals surface area contributed by atoms with E-state index >= 15 is 0 Å². The molecule has 2 aliphatic rings. The number of carbonyl (C=O) groups excluding carboxylic acids is 1. The Labute approximate surface area is 132 Å². The van der Waals surface area contributed by atoms with Crippen molar-refractivity contribution in [2.75, 3.05) is 26.2 Å². The highest BCUT2D eigenvalue weighted by atomic mass is 16.3. The number of aliphatic hydroxyl groups is 1. The van der Waals surface area contributed by atoms with Crippen molar-refractivity contribution in [3.05, 3.63) is 35.9 Å². The summed E-state index contributed by atoms with van der Waals surface area (Å²) in [7, 11) is 0. The van der Waals surface area contributed by atoms with E-state index in [0.717, 1.165) is 32.0 Å². The summed E-state index contributed by atoms with van der Waals surface area (Å²) in [5, 5.41) is 12.0. The number of nitrogens with zero attached hydrogens (tertiary/aromatic N) is 1. The van der Waals surface area contributed by atoms with Gasteiger partial charge in [0.2, 0.25) is 5.91 Å². The van der Waals surface area contributed by atoms with Crippen LogP contribution in [-0.4, -0.2) is 48.2 Å². The Morgan fingerprint density at radius 3 is 2.68 bits per heavy atom. The second-order valence-corrected chi connectivity index (χ2v) is 6.64. The lowest BCUT2D eigenvalue weighted by Crippen LogP contribution is -2.41. The summed E-state index contributed by atoms with van der Waals surface area (Å²) in [4.78, 5) is 14.3. The smallest absolute Gasteiger partial charge is 0.222 e. The van der Waals surface area contributed by atoms with Crippen LogP contribution in [0.2, 0.25) is 0 Å². The van der Waals surface area contributed by atoms with Gasteiger partial charge in [-0.15, -0.1) is 0 Å². The lowest BCUT2D eigenvalue weighted by molar-refractivity contribution is -0.122. The molecule has 0 radical (unpaired) electrons. The predicted octanol–water partition coefficient (Wildman–Crippen LogP) is 1.44. The van der Waals surface area contributed by atoms with E-state index < -0.39 is 0 Å². The van der Waals surface area contributed by atoms with Crippen molar-refractivity contribution >= 4 is 5.91 Å². The third kappa shape index (κ3) is 4.08. The van der Waals surface area contributed by atoms with Crippen molar-refractivity contribution in [2.45, 2.75) is 31.7 Å². The average molecular weight is 302 g/mol. The topological polar surface area (TPSA) is 52.6 Å².